The van der Waals surface area contributed by atoms with Gasteiger partial charge in [-0.3, -0.25) is 9.98 Å². The van der Waals surface area contributed by atoms with Crippen molar-refractivity contribution in [3.05, 3.63) is 77.4 Å². The van der Waals surface area contributed by atoms with Crippen molar-refractivity contribution in [2.75, 3.05) is 5.32 Å². The Morgan fingerprint density at radius 1 is 1.17 bits per heavy atom. The maximum absolute atomic E-state index is 12.6. The topological polar surface area (TPSA) is 113 Å². The van der Waals surface area contributed by atoms with E-state index >= 15 is 0 Å². The van der Waals surface area contributed by atoms with E-state index in [0.717, 1.165) is 22.9 Å². The number of hydrogen-bond donors (Lipinski definition) is 3. The third-order valence-corrected chi connectivity index (χ3v) is 4.99. The van der Waals surface area contributed by atoms with Crippen LogP contribution in [0.1, 0.15) is 43.5 Å². The van der Waals surface area contributed by atoms with Crippen molar-refractivity contribution < 1.29 is 13.2 Å². The van der Waals surface area contributed by atoms with Gasteiger partial charge in [0.2, 0.25) is 0 Å². The fourth-order valence-electron chi connectivity index (χ4n) is 3.25. The van der Waals surface area contributed by atoms with Crippen molar-refractivity contribution in [2.45, 2.75) is 39.4 Å². The molecular formula is C25H26F3N7. The smallest absolute Gasteiger partial charge is 0.395 e. The molecule has 35 heavy (non-hydrogen) atoms. The normalized spacial score (nSPS) is 12.7. The lowest BCUT2D eigenvalue weighted by Crippen LogP contribution is -2.20. The Hall–Kier alpha value is -4.08. The van der Waals surface area contributed by atoms with Crippen molar-refractivity contribution in [3.8, 4) is 11.4 Å². The SMILES string of the molecule is CC(/C=C(\N)C(F)(F)F)=Nc1ccc(CNc2nc(-c3cccnc3C(C)C)ncc2C=N)cc1. The van der Waals surface area contributed by atoms with E-state index in [1.807, 2.05) is 26.0 Å². The van der Waals surface area contributed by atoms with E-state index in [1.165, 1.54) is 13.1 Å². The number of nitrogens with zero attached hydrogens (tertiary/aromatic N) is 4. The number of benzene rings is 1. The van der Waals surface area contributed by atoms with Crippen LogP contribution < -0.4 is 11.1 Å². The molecule has 0 aliphatic rings. The van der Waals surface area contributed by atoms with Crippen LogP contribution in [-0.2, 0) is 6.54 Å². The number of aliphatic imine (C=N–C) groups is 1. The van der Waals surface area contributed by atoms with Gasteiger partial charge in [0.15, 0.2) is 5.82 Å². The first-order chi connectivity index (χ1) is 16.6. The maximum Gasteiger partial charge on any atom is 0.430 e. The number of aromatic nitrogens is 3. The molecule has 182 valence electrons. The number of hydrogen-bond acceptors (Lipinski definition) is 7. The molecule has 3 aromatic rings. The van der Waals surface area contributed by atoms with Crippen LogP contribution in [0.5, 0.6) is 0 Å². The molecule has 2 aromatic heterocycles. The predicted octanol–water partition coefficient (Wildman–Crippen LogP) is 5.77. The van der Waals surface area contributed by atoms with E-state index < -0.39 is 11.9 Å². The molecule has 7 nitrogen and oxygen atoms in total. The van der Waals surface area contributed by atoms with E-state index in [-0.39, 0.29) is 11.6 Å². The van der Waals surface area contributed by atoms with Crippen molar-refractivity contribution >= 4 is 23.4 Å². The number of pyridine rings is 1. The lowest BCUT2D eigenvalue weighted by molar-refractivity contribution is -0.0925. The number of alkyl halides is 3. The van der Waals surface area contributed by atoms with Crippen LogP contribution in [0.15, 0.2) is 65.6 Å². The number of halogens is 3. The zero-order valence-electron chi connectivity index (χ0n) is 19.6. The lowest BCUT2D eigenvalue weighted by Gasteiger charge is -2.13. The standard InChI is InChI=1S/C25H26F3N7/c1-15(2)22-20(5-4-10-31-22)24-33-14-18(12-29)23(35-24)32-13-17-6-8-19(9-7-17)34-16(3)11-21(30)25(26,27)28/h4-12,14-15,29H,13,30H2,1-3H3,(H,32,33,35)/b21-11-,29-12?,34-16?. The van der Waals surface area contributed by atoms with E-state index in [2.05, 4.69) is 25.3 Å². The second-order valence-electron chi connectivity index (χ2n) is 8.10. The molecule has 0 fully saturated rings. The van der Waals surface area contributed by atoms with Crippen molar-refractivity contribution in [3.63, 3.8) is 0 Å². The summed E-state index contributed by atoms with van der Waals surface area (Å²) in [5, 5.41) is 10.9. The Morgan fingerprint density at radius 2 is 1.89 bits per heavy atom. The molecular weight excluding hydrogens is 455 g/mol. The zero-order valence-corrected chi connectivity index (χ0v) is 19.6. The number of nitrogens with two attached hydrogens (primary N) is 1. The molecule has 0 amide bonds. The second-order valence-corrected chi connectivity index (χ2v) is 8.10. The van der Waals surface area contributed by atoms with Gasteiger partial charge in [-0.1, -0.05) is 26.0 Å². The summed E-state index contributed by atoms with van der Waals surface area (Å²) in [6.07, 6.45) is 0.722. The van der Waals surface area contributed by atoms with E-state index in [1.54, 1.807) is 36.7 Å². The van der Waals surface area contributed by atoms with Gasteiger partial charge >= 0.3 is 6.18 Å². The van der Waals surface area contributed by atoms with Gasteiger partial charge in [0.25, 0.3) is 0 Å². The average Bonchev–Trinajstić information content (AvgIpc) is 2.82. The highest BCUT2D eigenvalue weighted by Gasteiger charge is 2.31. The van der Waals surface area contributed by atoms with Gasteiger partial charge in [-0.25, -0.2) is 9.97 Å². The Balaban J connectivity index is 1.77. The molecule has 0 spiro atoms. The van der Waals surface area contributed by atoms with Crippen LogP contribution in [-0.4, -0.2) is 33.1 Å². The van der Waals surface area contributed by atoms with Gasteiger partial charge in [-0.2, -0.15) is 13.2 Å². The molecule has 0 bridgehead atoms. The van der Waals surface area contributed by atoms with Crippen LogP contribution in [0.3, 0.4) is 0 Å². The number of nitrogens with one attached hydrogen (secondary N) is 2. The highest BCUT2D eigenvalue weighted by molar-refractivity contribution is 5.95. The first-order valence-corrected chi connectivity index (χ1v) is 10.8. The van der Waals surface area contributed by atoms with Crippen molar-refractivity contribution in [1.29, 1.82) is 5.41 Å². The van der Waals surface area contributed by atoms with Gasteiger partial charge < -0.3 is 16.5 Å². The Kier molecular flexibility index (Phi) is 7.95. The minimum Gasteiger partial charge on any atom is -0.395 e. The fourth-order valence-corrected chi connectivity index (χ4v) is 3.25. The van der Waals surface area contributed by atoms with Crippen LogP contribution >= 0.6 is 0 Å². The second kappa shape index (κ2) is 10.9. The summed E-state index contributed by atoms with van der Waals surface area (Å²) < 4.78 is 37.7. The first-order valence-electron chi connectivity index (χ1n) is 10.8. The quantitative estimate of drug-likeness (QED) is 0.354. The minimum absolute atomic E-state index is 0.144. The highest BCUT2D eigenvalue weighted by atomic mass is 19.4. The molecule has 4 N–H and O–H groups in total. The van der Waals surface area contributed by atoms with Crippen molar-refractivity contribution in [1.82, 2.24) is 15.0 Å². The fraction of sp³-hybridized carbons (Fsp3) is 0.240. The Bertz CT molecular complexity index is 1250. The molecule has 10 heteroatoms. The molecule has 0 saturated heterocycles. The maximum atomic E-state index is 12.6. The summed E-state index contributed by atoms with van der Waals surface area (Å²) in [6.45, 7) is 5.96. The third kappa shape index (κ3) is 6.72. The van der Waals surface area contributed by atoms with Crippen molar-refractivity contribution in [2.24, 2.45) is 10.7 Å². The molecule has 3 rings (SSSR count). The van der Waals surface area contributed by atoms with Gasteiger partial charge in [0.05, 0.1) is 16.9 Å². The summed E-state index contributed by atoms with van der Waals surface area (Å²) in [4.78, 5) is 17.6. The molecule has 0 unspecified atom stereocenters. The predicted molar refractivity (Wildman–Crippen MR) is 132 cm³/mol. The summed E-state index contributed by atoms with van der Waals surface area (Å²) in [7, 11) is 0. The van der Waals surface area contributed by atoms with E-state index in [9.17, 15) is 13.2 Å². The van der Waals surface area contributed by atoms with E-state index in [0.29, 0.717) is 29.4 Å². The number of rotatable bonds is 8. The van der Waals surface area contributed by atoms with Crippen LogP contribution in [0.4, 0.5) is 24.7 Å². The van der Waals surface area contributed by atoms with Gasteiger partial charge in [0.1, 0.15) is 11.5 Å². The first kappa shape index (κ1) is 25.5. The van der Waals surface area contributed by atoms with Crippen LogP contribution in [0.2, 0.25) is 0 Å². The third-order valence-electron chi connectivity index (χ3n) is 4.99. The molecule has 0 aliphatic heterocycles. The van der Waals surface area contributed by atoms with Crippen LogP contribution in [0, 0.1) is 5.41 Å². The van der Waals surface area contributed by atoms with Crippen LogP contribution in [0.25, 0.3) is 11.4 Å². The molecule has 0 saturated carbocycles. The summed E-state index contributed by atoms with van der Waals surface area (Å²) in [5.41, 5.74) is 7.64. The number of anilines is 1. The monoisotopic (exact) mass is 481 g/mol. The van der Waals surface area contributed by atoms with Gasteiger partial charge in [-0.15, -0.1) is 0 Å². The highest BCUT2D eigenvalue weighted by Crippen LogP contribution is 2.26. The molecule has 0 atom stereocenters. The minimum atomic E-state index is -4.59. The molecule has 0 radical (unpaired) electrons. The average molecular weight is 482 g/mol. The largest absolute Gasteiger partial charge is 0.430 e. The summed E-state index contributed by atoms with van der Waals surface area (Å²) in [5.74, 6) is 1.22. The van der Waals surface area contributed by atoms with E-state index in [4.69, 9.17) is 11.1 Å². The number of allylic oxidation sites excluding steroid dienone is 2. The molecule has 2 heterocycles. The zero-order chi connectivity index (χ0) is 25.6. The molecule has 1 aromatic carbocycles. The Labute approximate surface area is 201 Å². The van der Waals surface area contributed by atoms with Gasteiger partial charge in [-0.05, 0) is 48.7 Å². The molecule has 0 aliphatic carbocycles. The lowest BCUT2D eigenvalue weighted by atomic mass is 10.0. The summed E-state index contributed by atoms with van der Waals surface area (Å²) >= 11 is 0. The van der Waals surface area contributed by atoms with Gasteiger partial charge in [0, 0.05) is 36.4 Å². The summed E-state index contributed by atoms with van der Waals surface area (Å²) in [6, 6.07) is 10.8. The Morgan fingerprint density at radius 3 is 2.51 bits per heavy atom.